The summed E-state index contributed by atoms with van der Waals surface area (Å²) < 4.78 is 0. The molecule has 0 saturated carbocycles. The summed E-state index contributed by atoms with van der Waals surface area (Å²) >= 11 is 0. The van der Waals surface area contributed by atoms with Crippen molar-refractivity contribution >= 4 is 5.91 Å². The zero-order valence-corrected chi connectivity index (χ0v) is 10.3. The standard InChI is InChI=1S/C12H24N2O/c1-8(2)10(4)12(15)14-11-5-6-13-7-9(11)3/h8-11,13H,5-7H2,1-4H3,(H,14,15). The maximum absolute atomic E-state index is 11.9. The smallest absolute Gasteiger partial charge is 0.223 e. The van der Waals surface area contributed by atoms with Gasteiger partial charge in [0.05, 0.1) is 0 Å². The number of hydrogen-bond acceptors (Lipinski definition) is 2. The third-order valence-electron chi connectivity index (χ3n) is 3.53. The molecule has 2 N–H and O–H groups in total. The van der Waals surface area contributed by atoms with Crippen molar-refractivity contribution in [3.8, 4) is 0 Å². The van der Waals surface area contributed by atoms with Crippen LogP contribution in [0.1, 0.15) is 34.1 Å². The third-order valence-corrected chi connectivity index (χ3v) is 3.53. The minimum Gasteiger partial charge on any atom is -0.353 e. The Morgan fingerprint density at radius 2 is 2.07 bits per heavy atom. The van der Waals surface area contributed by atoms with Gasteiger partial charge in [-0.3, -0.25) is 4.79 Å². The van der Waals surface area contributed by atoms with Crippen molar-refractivity contribution in [3.63, 3.8) is 0 Å². The largest absolute Gasteiger partial charge is 0.353 e. The van der Waals surface area contributed by atoms with Crippen molar-refractivity contribution in [2.45, 2.75) is 40.2 Å². The highest BCUT2D eigenvalue weighted by molar-refractivity contribution is 5.78. The predicted molar refractivity (Wildman–Crippen MR) is 62.6 cm³/mol. The molecule has 3 atom stereocenters. The highest BCUT2D eigenvalue weighted by Gasteiger charge is 2.25. The van der Waals surface area contributed by atoms with Gasteiger partial charge in [-0.1, -0.05) is 27.7 Å². The maximum atomic E-state index is 11.9. The van der Waals surface area contributed by atoms with Crippen molar-refractivity contribution in [1.82, 2.24) is 10.6 Å². The van der Waals surface area contributed by atoms with Crippen LogP contribution in [0.2, 0.25) is 0 Å². The fourth-order valence-electron chi connectivity index (χ4n) is 1.85. The van der Waals surface area contributed by atoms with Crippen LogP contribution in [0.5, 0.6) is 0 Å². The van der Waals surface area contributed by atoms with Crippen LogP contribution in [-0.4, -0.2) is 25.0 Å². The molecule has 3 heteroatoms. The molecule has 1 heterocycles. The normalized spacial score (nSPS) is 28.9. The third kappa shape index (κ3) is 3.49. The predicted octanol–water partition coefficient (Wildman–Crippen LogP) is 1.39. The summed E-state index contributed by atoms with van der Waals surface area (Å²) in [6.45, 7) is 10.4. The summed E-state index contributed by atoms with van der Waals surface area (Å²) in [7, 11) is 0. The van der Waals surface area contributed by atoms with Crippen LogP contribution in [0.3, 0.4) is 0 Å². The molecule has 0 aliphatic carbocycles. The van der Waals surface area contributed by atoms with Gasteiger partial charge < -0.3 is 10.6 Å². The number of nitrogens with one attached hydrogen (secondary N) is 2. The molecule has 1 aliphatic rings. The van der Waals surface area contributed by atoms with Gasteiger partial charge in [0.2, 0.25) is 5.91 Å². The summed E-state index contributed by atoms with van der Waals surface area (Å²) in [5.74, 6) is 1.29. The molecule has 1 saturated heterocycles. The van der Waals surface area contributed by atoms with E-state index in [0.29, 0.717) is 17.9 Å². The molecule has 1 aliphatic heterocycles. The Bertz CT molecular complexity index is 216. The fourth-order valence-corrected chi connectivity index (χ4v) is 1.85. The molecule has 3 nitrogen and oxygen atoms in total. The molecule has 1 fully saturated rings. The van der Waals surface area contributed by atoms with Gasteiger partial charge in [-0.2, -0.15) is 0 Å². The molecule has 0 aromatic heterocycles. The Hall–Kier alpha value is -0.570. The van der Waals surface area contributed by atoms with Gasteiger partial charge in [0.25, 0.3) is 0 Å². The van der Waals surface area contributed by atoms with Gasteiger partial charge >= 0.3 is 0 Å². The Balaban J connectivity index is 2.42. The first-order chi connectivity index (χ1) is 7.02. The van der Waals surface area contributed by atoms with Crippen LogP contribution in [0.25, 0.3) is 0 Å². The number of rotatable bonds is 3. The molecule has 3 unspecified atom stereocenters. The highest BCUT2D eigenvalue weighted by atomic mass is 16.1. The van der Waals surface area contributed by atoms with E-state index in [-0.39, 0.29) is 11.8 Å². The van der Waals surface area contributed by atoms with E-state index in [0.717, 1.165) is 19.5 Å². The summed E-state index contributed by atoms with van der Waals surface area (Å²) in [6.07, 6.45) is 1.05. The average molecular weight is 212 g/mol. The molecule has 0 spiro atoms. The van der Waals surface area contributed by atoms with Crippen LogP contribution in [0.15, 0.2) is 0 Å². The van der Waals surface area contributed by atoms with Gasteiger partial charge in [-0.25, -0.2) is 0 Å². The molecule has 1 rings (SSSR count). The molecule has 0 radical (unpaired) electrons. The van der Waals surface area contributed by atoms with E-state index in [1.165, 1.54) is 0 Å². The Morgan fingerprint density at radius 3 is 2.60 bits per heavy atom. The number of carbonyl (C=O) groups is 1. The van der Waals surface area contributed by atoms with E-state index in [9.17, 15) is 4.79 Å². The quantitative estimate of drug-likeness (QED) is 0.742. The van der Waals surface area contributed by atoms with Gasteiger partial charge in [0.1, 0.15) is 0 Å². The van der Waals surface area contributed by atoms with Crippen LogP contribution >= 0.6 is 0 Å². The molecule has 0 bridgehead atoms. The van der Waals surface area contributed by atoms with E-state index in [4.69, 9.17) is 0 Å². The lowest BCUT2D eigenvalue weighted by molar-refractivity contribution is -0.126. The second kappa shape index (κ2) is 5.50. The SMILES string of the molecule is CC(C)C(C)C(=O)NC1CCNCC1C. The number of carbonyl (C=O) groups excluding carboxylic acids is 1. The van der Waals surface area contributed by atoms with Crippen molar-refractivity contribution in [3.05, 3.63) is 0 Å². The van der Waals surface area contributed by atoms with Crippen LogP contribution < -0.4 is 10.6 Å². The number of amides is 1. The summed E-state index contributed by atoms with van der Waals surface area (Å²) in [5.41, 5.74) is 0. The van der Waals surface area contributed by atoms with E-state index in [1.807, 2.05) is 6.92 Å². The van der Waals surface area contributed by atoms with Gasteiger partial charge in [0.15, 0.2) is 0 Å². The van der Waals surface area contributed by atoms with Crippen molar-refractivity contribution in [2.75, 3.05) is 13.1 Å². The highest BCUT2D eigenvalue weighted by Crippen LogP contribution is 2.14. The van der Waals surface area contributed by atoms with Crippen LogP contribution in [-0.2, 0) is 4.79 Å². The molecular weight excluding hydrogens is 188 g/mol. The van der Waals surface area contributed by atoms with Crippen molar-refractivity contribution < 1.29 is 4.79 Å². The first-order valence-corrected chi connectivity index (χ1v) is 6.03. The van der Waals surface area contributed by atoms with Gasteiger partial charge in [-0.05, 0) is 31.3 Å². The minimum atomic E-state index is 0.118. The molecule has 15 heavy (non-hydrogen) atoms. The van der Waals surface area contributed by atoms with E-state index in [1.54, 1.807) is 0 Å². The molecule has 0 aromatic rings. The maximum Gasteiger partial charge on any atom is 0.223 e. The first-order valence-electron chi connectivity index (χ1n) is 6.03. The van der Waals surface area contributed by atoms with Crippen LogP contribution in [0.4, 0.5) is 0 Å². The van der Waals surface area contributed by atoms with E-state index < -0.39 is 0 Å². The molecule has 1 amide bonds. The summed E-state index contributed by atoms with van der Waals surface area (Å²) in [4.78, 5) is 11.9. The average Bonchev–Trinajstić information content (AvgIpc) is 2.20. The van der Waals surface area contributed by atoms with Gasteiger partial charge in [0, 0.05) is 12.0 Å². The summed E-state index contributed by atoms with van der Waals surface area (Å²) in [5, 5.41) is 6.51. The topological polar surface area (TPSA) is 41.1 Å². The Kier molecular flexibility index (Phi) is 4.58. The number of hydrogen-bond donors (Lipinski definition) is 2. The second-order valence-corrected chi connectivity index (χ2v) is 5.12. The molecule has 88 valence electrons. The summed E-state index contributed by atoms with van der Waals surface area (Å²) in [6, 6.07) is 0.361. The molecule has 0 aromatic carbocycles. The second-order valence-electron chi connectivity index (χ2n) is 5.12. The fraction of sp³-hybridized carbons (Fsp3) is 0.917. The van der Waals surface area contributed by atoms with E-state index in [2.05, 4.69) is 31.4 Å². The first kappa shape index (κ1) is 12.5. The zero-order chi connectivity index (χ0) is 11.4. The lowest BCUT2D eigenvalue weighted by Gasteiger charge is -2.31. The van der Waals surface area contributed by atoms with Crippen molar-refractivity contribution in [1.29, 1.82) is 0 Å². The van der Waals surface area contributed by atoms with Crippen molar-refractivity contribution in [2.24, 2.45) is 17.8 Å². The van der Waals surface area contributed by atoms with Crippen LogP contribution in [0, 0.1) is 17.8 Å². The molecular formula is C12H24N2O. The van der Waals surface area contributed by atoms with Gasteiger partial charge in [-0.15, -0.1) is 0 Å². The zero-order valence-electron chi connectivity index (χ0n) is 10.3. The Morgan fingerprint density at radius 1 is 1.40 bits per heavy atom. The minimum absolute atomic E-state index is 0.118. The van der Waals surface area contributed by atoms with E-state index >= 15 is 0 Å². The Labute approximate surface area is 93.0 Å². The number of piperidine rings is 1. The monoisotopic (exact) mass is 212 g/mol. The lowest BCUT2D eigenvalue weighted by Crippen LogP contribution is -2.50. The lowest BCUT2D eigenvalue weighted by atomic mass is 9.92.